The number of carbonyl (C=O) groups is 1. The van der Waals surface area contributed by atoms with Crippen LogP contribution in [0.15, 0.2) is 42.9 Å². The van der Waals surface area contributed by atoms with Crippen LogP contribution in [0.5, 0.6) is 0 Å². The molecule has 1 amide bonds. The van der Waals surface area contributed by atoms with Crippen molar-refractivity contribution in [3.8, 4) is 0 Å². The Morgan fingerprint density at radius 1 is 1.09 bits per heavy atom. The van der Waals surface area contributed by atoms with Crippen molar-refractivity contribution in [1.82, 2.24) is 9.97 Å². The van der Waals surface area contributed by atoms with E-state index in [0.717, 1.165) is 17.9 Å². The van der Waals surface area contributed by atoms with Gasteiger partial charge < -0.3 is 9.80 Å². The van der Waals surface area contributed by atoms with Crippen molar-refractivity contribution in [1.29, 1.82) is 0 Å². The second-order valence-electron chi connectivity index (χ2n) is 6.36. The molecule has 0 atom stereocenters. The third-order valence-electron chi connectivity index (χ3n) is 3.85. The van der Waals surface area contributed by atoms with E-state index in [2.05, 4.69) is 41.7 Å². The molecule has 5 heteroatoms. The van der Waals surface area contributed by atoms with E-state index >= 15 is 0 Å². The number of nitrogens with zero attached hydrogens (tertiary/aromatic N) is 4. The quantitative estimate of drug-likeness (QED) is 0.812. The summed E-state index contributed by atoms with van der Waals surface area (Å²) < 4.78 is 0. The van der Waals surface area contributed by atoms with Crippen LogP contribution in [0.25, 0.3) is 0 Å². The number of para-hydroxylation sites is 2. The number of carbonyl (C=O) groups excluding carboxylic acids is 1. The van der Waals surface area contributed by atoms with E-state index in [1.54, 1.807) is 17.3 Å². The average Bonchev–Trinajstić information content (AvgIpc) is 2.53. The van der Waals surface area contributed by atoms with Gasteiger partial charge >= 0.3 is 0 Å². The van der Waals surface area contributed by atoms with Gasteiger partial charge in [0.1, 0.15) is 5.69 Å². The molecule has 0 fully saturated rings. The maximum absolute atomic E-state index is 12.7. The molecule has 0 aliphatic carbocycles. The number of aromatic nitrogens is 2. The second-order valence-corrected chi connectivity index (χ2v) is 6.36. The molecule has 2 heterocycles. The maximum atomic E-state index is 12.7. The summed E-state index contributed by atoms with van der Waals surface area (Å²) in [5.41, 5.74) is 2.40. The van der Waals surface area contributed by atoms with E-state index in [-0.39, 0.29) is 11.4 Å². The van der Waals surface area contributed by atoms with E-state index in [1.807, 2.05) is 18.2 Å². The highest BCUT2D eigenvalue weighted by Gasteiger charge is 2.32. The molecule has 0 unspecified atom stereocenters. The van der Waals surface area contributed by atoms with Gasteiger partial charge in [-0.05, 0) is 32.9 Å². The van der Waals surface area contributed by atoms with Crippen LogP contribution in [0, 0.1) is 0 Å². The van der Waals surface area contributed by atoms with E-state index in [1.165, 1.54) is 6.20 Å². The SMILES string of the molecule is CC(C)(C)N1CCN(C(=O)c2cnccn2)c2ccccc21. The summed E-state index contributed by atoms with van der Waals surface area (Å²) in [5.74, 6) is -0.103. The lowest BCUT2D eigenvalue weighted by Crippen LogP contribution is -2.51. The Labute approximate surface area is 130 Å². The highest BCUT2D eigenvalue weighted by molar-refractivity contribution is 6.07. The lowest BCUT2D eigenvalue weighted by molar-refractivity contribution is 0.0981. The monoisotopic (exact) mass is 296 g/mol. The van der Waals surface area contributed by atoms with Gasteiger partial charge in [-0.25, -0.2) is 4.98 Å². The summed E-state index contributed by atoms with van der Waals surface area (Å²) >= 11 is 0. The van der Waals surface area contributed by atoms with Crippen LogP contribution in [-0.2, 0) is 0 Å². The van der Waals surface area contributed by atoms with Gasteiger partial charge in [-0.3, -0.25) is 9.78 Å². The Bertz CT molecular complexity index is 679. The molecule has 0 radical (unpaired) electrons. The van der Waals surface area contributed by atoms with Gasteiger partial charge in [0.15, 0.2) is 0 Å². The van der Waals surface area contributed by atoms with Crippen LogP contribution >= 0.6 is 0 Å². The van der Waals surface area contributed by atoms with Gasteiger partial charge in [0.25, 0.3) is 5.91 Å². The Morgan fingerprint density at radius 2 is 1.82 bits per heavy atom. The number of benzene rings is 1. The van der Waals surface area contributed by atoms with Gasteiger partial charge in [-0.1, -0.05) is 12.1 Å². The van der Waals surface area contributed by atoms with Crippen LogP contribution < -0.4 is 9.80 Å². The predicted octanol–water partition coefficient (Wildman–Crippen LogP) is 2.74. The Balaban J connectivity index is 2.00. The first-order chi connectivity index (χ1) is 10.5. The molecular formula is C17H20N4O. The van der Waals surface area contributed by atoms with E-state index in [9.17, 15) is 4.79 Å². The first-order valence-corrected chi connectivity index (χ1v) is 7.43. The Morgan fingerprint density at radius 3 is 2.45 bits per heavy atom. The van der Waals surface area contributed by atoms with Gasteiger partial charge in [0.2, 0.25) is 0 Å². The van der Waals surface area contributed by atoms with Crippen molar-refractivity contribution in [2.45, 2.75) is 26.3 Å². The number of rotatable bonds is 1. The van der Waals surface area contributed by atoms with Crippen molar-refractivity contribution in [2.24, 2.45) is 0 Å². The normalized spacial score (nSPS) is 14.7. The smallest absolute Gasteiger partial charge is 0.278 e. The van der Waals surface area contributed by atoms with E-state index < -0.39 is 0 Å². The fraction of sp³-hybridized carbons (Fsp3) is 0.353. The summed E-state index contributed by atoms with van der Waals surface area (Å²) in [5, 5.41) is 0. The zero-order valence-corrected chi connectivity index (χ0v) is 13.2. The molecule has 1 aliphatic rings. The molecule has 2 aromatic rings. The lowest BCUT2D eigenvalue weighted by Gasteiger charge is -2.44. The van der Waals surface area contributed by atoms with Gasteiger partial charge in [-0.15, -0.1) is 0 Å². The first kappa shape index (κ1) is 14.5. The molecule has 0 saturated carbocycles. The molecule has 0 saturated heterocycles. The van der Waals surface area contributed by atoms with Crippen LogP contribution in [0.1, 0.15) is 31.3 Å². The fourth-order valence-electron chi connectivity index (χ4n) is 2.82. The minimum absolute atomic E-state index is 0.0117. The molecule has 3 rings (SSSR count). The maximum Gasteiger partial charge on any atom is 0.278 e. The highest BCUT2D eigenvalue weighted by Crippen LogP contribution is 2.37. The third kappa shape index (κ3) is 2.54. The van der Waals surface area contributed by atoms with Gasteiger partial charge in [0, 0.05) is 31.0 Å². The van der Waals surface area contributed by atoms with Crippen LogP contribution in [0.3, 0.4) is 0 Å². The molecule has 0 spiro atoms. The number of hydrogen-bond donors (Lipinski definition) is 0. The standard InChI is InChI=1S/C17H20N4O/c1-17(2,3)21-11-10-20(14-6-4-5-7-15(14)21)16(22)13-12-18-8-9-19-13/h4-9,12H,10-11H2,1-3H3. The minimum Gasteiger partial charge on any atom is -0.363 e. The lowest BCUT2D eigenvalue weighted by atomic mass is 10.0. The summed E-state index contributed by atoms with van der Waals surface area (Å²) in [6.45, 7) is 7.99. The highest BCUT2D eigenvalue weighted by atomic mass is 16.2. The molecule has 1 aromatic heterocycles. The predicted molar refractivity (Wildman–Crippen MR) is 87.2 cm³/mol. The molecule has 0 bridgehead atoms. The number of amides is 1. The number of hydrogen-bond acceptors (Lipinski definition) is 4. The average molecular weight is 296 g/mol. The molecule has 1 aromatic carbocycles. The zero-order chi connectivity index (χ0) is 15.7. The summed E-state index contributed by atoms with van der Waals surface area (Å²) in [4.78, 5) is 25.0. The van der Waals surface area contributed by atoms with Crippen molar-refractivity contribution < 1.29 is 4.79 Å². The summed E-state index contributed by atoms with van der Waals surface area (Å²) in [6.07, 6.45) is 4.63. The van der Waals surface area contributed by atoms with Gasteiger partial charge in [0.05, 0.1) is 17.6 Å². The summed E-state index contributed by atoms with van der Waals surface area (Å²) in [6, 6.07) is 8.02. The van der Waals surface area contributed by atoms with Crippen LogP contribution in [0.4, 0.5) is 11.4 Å². The fourth-order valence-corrected chi connectivity index (χ4v) is 2.82. The van der Waals surface area contributed by atoms with Crippen molar-refractivity contribution >= 4 is 17.3 Å². The van der Waals surface area contributed by atoms with Crippen LogP contribution in [0.2, 0.25) is 0 Å². The summed E-state index contributed by atoms with van der Waals surface area (Å²) in [7, 11) is 0. The Hall–Kier alpha value is -2.43. The van der Waals surface area contributed by atoms with E-state index in [4.69, 9.17) is 0 Å². The molecule has 1 aliphatic heterocycles. The molecule has 22 heavy (non-hydrogen) atoms. The zero-order valence-electron chi connectivity index (χ0n) is 13.2. The third-order valence-corrected chi connectivity index (χ3v) is 3.85. The molecular weight excluding hydrogens is 276 g/mol. The second kappa shape index (κ2) is 5.40. The van der Waals surface area contributed by atoms with Crippen molar-refractivity contribution in [3.05, 3.63) is 48.5 Å². The van der Waals surface area contributed by atoms with Gasteiger partial charge in [-0.2, -0.15) is 0 Å². The minimum atomic E-state index is -0.103. The topological polar surface area (TPSA) is 49.3 Å². The largest absolute Gasteiger partial charge is 0.363 e. The van der Waals surface area contributed by atoms with Crippen LogP contribution in [-0.4, -0.2) is 34.5 Å². The number of anilines is 2. The molecule has 5 nitrogen and oxygen atoms in total. The molecule has 0 N–H and O–H groups in total. The molecule has 114 valence electrons. The van der Waals surface area contributed by atoms with Crippen molar-refractivity contribution in [2.75, 3.05) is 22.9 Å². The van der Waals surface area contributed by atoms with Crippen molar-refractivity contribution in [3.63, 3.8) is 0 Å². The Kier molecular flexibility index (Phi) is 3.56. The number of fused-ring (bicyclic) bond motifs is 1. The van der Waals surface area contributed by atoms with E-state index in [0.29, 0.717) is 12.2 Å². The first-order valence-electron chi connectivity index (χ1n) is 7.43.